The van der Waals surface area contributed by atoms with Crippen molar-refractivity contribution < 1.29 is 38.7 Å². The van der Waals surface area contributed by atoms with Crippen molar-refractivity contribution in [2.75, 3.05) is 13.2 Å². The van der Waals surface area contributed by atoms with Crippen molar-refractivity contribution >= 4 is 11.9 Å². The summed E-state index contributed by atoms with van der Waals surface area (Å²) in [6.45, 7) is 0.283. The molecule has 8 nitrogen and oxygen atoms in total. The van der Waals surface area contributed by atoms with E-state index in [-0.39, 0.29) is 36.2 Å². The summed E-state index contributed by atoms with van der Waals surface area (Å²) in [6.07, 6.45) is -0.266. The summed E-state index contributed by atoms with van der Waals surface area (Å²) < 4.78 is 21.7. The van der Waals surface area contributed by atoms with Crippen LogP contribution in [0.2, 0.25) is 0 Å². The van der Waals surface area contributed by atoms with Crippen molar-refractivity contribution in [2.45, 2.75) is 23.8 Å². The standard InChI is InChI=1S/C14H12O8/c15-9-1-5-11(17)19-3-7-8-4-20-12(18)6-2-10(16)22-14(6,8)13(5,7)21-9/h1-2,7-8,11-12,17-18H,3-4H2/t7-,8-,11+,12+,13+,14+/m0/s1. The Morgan fingerprint density at radius 2 is 1.27 bits per heavy atom. The SMILES string of the molecule is O=C1C=C2[C@H](O)OC[C@H]3[C@@H]4CO[C@@H](O)C5=CC(=O)O[C@]54[C@@]23O1. The fourth-order valence-corrected chi connectivity index (χ4v) is 4.69. The van der Waals surface area contributed by atoms with Crippen LogP contribution in [0, 0.1) is 11.8 Å². The molecule has 2 saturated heterocycles. The lowest BCUT2D eigenvalue weighted by Gasteiger charge is -2.68. The first kappa shape index (κ1) is 12.8. The lowest BCUT2D eigenvalue weighted by molar-refractivity contribution is -0.343. The second-order valence-corrected chi connectivity index (χ2v) is 6.10. The Bertz CT molecular complexity index is 622. The van der Waals surface area contributed by atoms with Crippen LogP contribution < -0.4 is 0 Å². The highest BCUT2D eigenvalue weighted by Crippen LogP contribution is 2.69. The van der Waals surface area contributed by atoms with Crippen LogP contribution in [0.5, 0.6) is 0 Å². The Kier molecular flexibility index (Phi) is 2.09. The van der Waals surface area contributed by atoms with Crippen LogP contribution in [0.15, 0.2) is 23.3 Å². The van der Waals surface area contributed by atoms with Gasteiger partial charge in [-0.05, 0) is 0 Å². The molecular formula is C14H12O8. The molecule has 2 spiro atoms. The fraction of sp³-hybridized carbons (Fsp3) is 0.571. The number of esters is 2. The molecule has 5 aliphatic rings. The minimum atomic E-state index is -1.31. The third-order valence-corrected chi connectivity index (χ3v) is 5.41. The zero-order valence-corrected chi connectivity index (χ0v) is 11.2. The summed E-state index contributed by atoms with van der Waals surface area (Å²) in [7, 11) is 0. The van der Waals surface area contributed by atoms with Crippen LogP contribution in [-0.4, -0.2) is 59.1 Å². The highest BCUT2D eigenvalue weighted by Gasteiger charge is 2.85. The predicted octanol–water partition coefficient (Wildman–Crippen LogP) is -1.63. The van der Waals surface area contributed by atoms with Gasteiger partial charge in [-0.2, -0.15) is 0 Å². The van der Waals surface area contributed by atoms with E-state index in [1.807, 2.05) is 0 Å². The molecule has 0 unspecified atom stereocenters. The van der Waals surface area contributed by atoms with E-state index < -0.39 is 35.7 Å². The first-order valence-electron chi connectivity index (χ1n) is 7.00. The number of ether oxygens (including phenoxy) is 4. The van der Waals surface area contributed by atoms with Crippen LogP contribution in [0.4, 0.5) is 0 Å². The number of aliphatic hydroxyl groups excluding tert-OH is 2. The van der Waals surface area contributed by atoms with E-state index in [0.717, 1.165) is 0 Å². The number of hydrogen-bond donors (Lipinski definition) is 2. The van der Waals surface area contributed by atoms with Gasteiger partial charge in [0, 0.05) is 35.1 Å². The van der Waals surface area contributed by atoms with Gasteiger partial charge in [0.15, 0.2) is 23.8 Å². The van der Waals surface area contributed by atoms with E-state index in [1.54, 1.807) is 0 Å². The molecular weight excluding hydrogens is 296 g/mol. The van der Waals surface area contributed by atoms with Gasteiger partial charge in [0.1, 0.15) is 0 Å². The molecule has 4 heterocycles. The average Bonchev–Trinajstić information content (AvgIpc) is 3.02. The molecule has 6 atom stereocenters. The zero-order chi connectivity index (χ0) is 15.3. The molecule has 0 radical (unpaired) electrons. The maximum Gasteiger partial charge on any atom is 0.332 e. The minimum Gasteiger partial charge on any atom is -0.446 e. The van der Waals surface area contributed by atoms with Crippen LogP contribution in [0.1, 0.15) is 0 Å². The molecule has 1 aliphatic carbocycles. The second-order valence-electron chi connectivity index (χ2n) is 6.10. The molecule has 8 heteroatoms. The molecule has 22 heavy (non-hydrogen) atoms. The first-order chi connectivity index (χ1) is 10.5. The highest BCUT2D eigenvalue weighted by atomic mass is 16.7. The number of carbonyl (C=O) groups is 2. The van der Waals surface area contributed by atoms with Crippen molar-refractivity contribution in [1.29, 1.82) is 0 Å². The normalized spacial score (nSPS) is 51.4. The Morgan fingerprint density at radius 1 is 0.864 bits per heavy atom. The third-order valence-electron chi connectivity index (χ3n) is 5.41. The minimum absolute atomic E-state index is 0.141. The van der Waals surface area contributed by atoms with E-state index >= 15 is 0 Å². The Balaban J connectivity index is 1.74. The summed E-state index contributed by atoms with van der Waals surface area (Å²) in [5.41, 5.74) is -2.15. The van der Waals surface area contributed by atoms with Gasteiger partial charge < -0.3 is 29.2 Å². The van der Waals surface area contributed by atoms with Gasteiger partial charge in [0.2, 0.25) is 0 Å². The molecule has 5 rings (SSSR count). The molecule has 0 bridgehead atoms. The summed E-state index contributed by atoms with van der Waals surface area (Å²) in [6, 6.07) is 0. The van der Waals surface area contributed by atoms with Crippen molar-refractivity contribution in [3.8, 4) is 0 Å². The number of carbonyl (C=O) groups excluding carboxylic acids is 2. The highest BCUT2D eigenvalue weighted by molar-refractivity contribution is 5.92. The van der Waals surface area contributed by atoms with Crippen molar-refractivity contribution in [3.05, 3.63) is 23.3 Å². The van der Waals surface area contributed by atoms with Gasteiger partial charge in [-0.1, -0.05) is 0 Å². The summed E-state index contributed by atoms with van der Waals surface area (Å²) in [5, 5.41) is 20.2. The van der Waals surface area contributed by atoms with E-state index in [2.05, 4.69) is 0 Å². The molecule has 4 aliphatic heterocycles. The third kappa shape index (κ3) is 1.07. The largest absolute Gasteiger partial charge is 0.446 e. The molecule has 0 amide bonds. The molecule has 116 valence electrons. The average molecular weight is 308 g/mol. The zero-order valence-electron chi connectivity index (χ0n) is 11.2. The Labute approximate surface area is 123 Å². The molecule has 0 aromatic rings. The molecule has 0 aromatic heterocycles. The lowest BCUT2D eigenvalue weighted by Crippen LogP contribution is -2.83. The van der Waals surface area contributed by atoms with Crippen molar-refractivity contribution in [2.24, 2.45) is 11.8 Å². The van der Waals surface area contributed by atoms with E-state index in [4.69, 9.17) is 18.9 Å². The van der Waals surface area contributed by atoms with Gasteiger partial charge in [-0.15, -0.1) is 0 Å². The van der Waals surface area contributed by atoms with E-state index in [9.17, 15) is 19.8 Å². The predicted molar refractivity (Wildman–Crippen MR) is 64.7 cm³/mol. The summed E-state index contributed by atoms with van der Waals surface area (Å²) >= 11 is 0. The fourth-order valence-electron chi connectivity index (χ4n) is 4.69. The number of hydrogen-bond acceptors (Lipinski definition) is 8. The second kappa shape index (κ2) is 3.60. The molecule has 0 aromatic carbocycles. The first-order valence-corrected chi connectivity index (χ1v) is 7.00. The Hall–Kier alpha value is -1.74. The Morgan fingerprint density at radius 3 is 1.68 bits per heavy atom. The quantitative estimate of drug-likeness (QED) is 0.513. The van der Waals surface area contributed by atoms with Crippen molar-refractivity contribution in [3.63, 3.8) is 0 Å². The van der Waals surface area contributed by atoms with Gasteiger partial charge in [0.25, 0.3) is 0 Å². The lowest BCUT2D eigenvalue weighted by atomic mass is 9.45. The topological polar surface area (TPSA) is 112 Å². The smallest absolute Gasteiger partial charge is 0.332 e. The van der Waals surface area contributed by atoms with E-state index in [1.165, 1.54) is 12.2 Å². The summed E-state index contributed by atoms with van der Waals surface area (Å²) in [4.78, 5) is 23.7. The van der Waals surface area contributed by atoms with Gasteiger partial charge in [-0.3, -0.25) is 0 Å². The monoisotopic (exact) mass is 308 g/mol. The number of fused-ring (bicyclic) bond motifs is 1. The summed E-state index contributed by atoms with van der Waals surface area (Å²) in [5.74, 6) is -1.87. The van der Waals surface area contributed by atoms with Gasteiger partial charge in [-0.25, -0.2) is 9.59 Å². The molecule has 1 saturated carbocycles. The maximum absolute atomic E-state index is 11.8. The number of rotatable bonds is 0. The van der Waals surface area contributed by atoms with Crippen molar-refractivity contribution in [1.82, 2.24) is 0 Å². The van der Waals surface area contributed by atoms with Gasteiger partial charge in [0.05, 0.1) is 13.2 Å². The molecule has 2 N–H and O–H groups in total. The maximum atomic E-state index is 11.8. The van der Waals surface area contributed by atoms with Crippen LogP contribution in [0.3, 0.4) is 0 Å². The number of aliphatic hydroxyl groups is 2. The van der Waals surface area contributed by atoms with Crippen LogP contribution >= 0.6 is 0 Å². The van der Waals surface area contributed by atoms with Crippen LogP contribution in [0.25, 0.3) is 0 Å². The molecule has 3 fully saturated rings. The van der Waals surface area contributed by atoms with E-state index in [0.29, 0.717) is 0 Å². The van der Waals surface area contributed by atoms with Crippen LogP contribution in [-0.2, 0) is 28.5 Å². The van der Waals surface area contributed by atoms with Gasteiger partial charge >= 0.3 is 11.9 Å².